The number of hydrogen-bond donors (Lipinski definition) is 2. The number of carbonyl (C=O) groups is 3. The first kappa shape index (κ1) is 15.4. The van der Waals surface area contributed by atoms with E-state index in [9.17, 15) is 14.4 Å². The van der Waals surface area contributed by atoms with Crippen molar-refractivity contribution in [3.63, 3.8) is 0 Å². The minimum Gasteiger partial charge on any atom is -0.468 e. The molecule has 0 aromatic carbocycles. The maximum Gasteiger partial charge on any atom is 0.319 e. The van der Waals surface area contributed by atoms with Gasteiger partial charge in [-0.25, -0.2) is 4.79 Å². The molecule has 0 radical (unpaired) electrons. The Morgan fingerprint density at radius 1 is 1.41 bits per heavy atom. The van der Waals surface area contributed by atoms with Gasteiger partial charge in [0.25, 0.3) is 0 Å². The maximum atomic E-state index is 11.5. The van der Waals surface area contributed by atoms with Crippen LogP contribution in [0.25, 0.3) is 0 Å². The molecule has 0 aliphatic carbocycles. The summed E-state index contributed by atoms with van der Waals surface area (Å²) in [5.74, 6) is -0.966. The second kappa shape index (κ2) is 7.61. The van der Waals surface area contributed by atoms with Crippen LogP contribution in [0.5, 0.6) is 0 Å². The molecule has 0 saturated carbocycles. The van der Waals surface area contributed by atoms with E-state index in [1.165, 1.54) is 7.11 Å². The average Bonchev–Trinajstić information content (AvgIpc) is 2.26. The van der Waals surface area contributed by atoms with Crippen molar-refractivity contribution in [3.05, 3.63) is 0 Å². The van der Waals surface area contributed by atoms with Crippen LogP contribution in [-0.2, 0) is 14.3 Å². The summed E-state index contributed by atoms with van der Waals surface area (Å²) >= 11 is 0. The molecular weight excluding hydrogens is 226 g/mol. The third-order valence-corrected chi connectivity index (χ3v) is 2.24. The van der Waals surface area contributed by atoms with Gasteiger partial charge in [0.1, 0.15) is 0 Å². The first-order valence-corrected chi connectivity index (χ1v) is 5.33. The molecule has 0 rings (SSSR count). The van der Waals surface area contributed by atoms with Gasteiger partial charge in [-0.2, -0.15) is 0 Å². The lowest BCUT2D eigenvalue weighted by Crippen LogP contribution is -2.50. The summed E-state index contributed by atoms with van der Waals surface area (Å²) in [6.07, 6.45) is 0.769. The van der Waals surface area contributed by atoms with Gasteiger partial charge in [0.15, 0.2) is 0 Å². The number of primary amides is 1. The molecule has 0 spiro atoms. The van der Waals surface area contributed by atoms with Crippen molar-refractivity contribution in [1.29, 1.82) is 0 Å². The van der Waals surface area contributed by atoms with Gasteiger partial charge in [-0.3, -0.25) is 19.8 Å². The number of imide groups is 1. The molecule has 0 bridgehead atoms. The molecule has 0 fully saturated rings. The van der Waals surface area contributed by atoms with Crippen molar-refractivity contribution < 1.29 is 19.1 Å². The number of rotatable bonds is 6. The fourth-order valence-corrected chi connectivity index (χ4v) is 1.32. The minimum atomic E-state index is -0.906. The fraction of sp³-hybridized carbons (Fsp3) is 0.700. The van der Waals surface area contributed by atoms with Crippen LogP contribution in [0.4, 0.5) is 4.79 Å². The van der Waals surface area contributed by atoms with Crippen molar-refractivity contribution >= 4 is 17.9 Å². The normalized spacial score (nSPS) is 12.0. The minimum absolute atomic E-state index is 0.00229. The smallest absolute Gasteiger partial charge is 0.319 e. The van der Waals surface area contributed by atoms with Gasteiger partial charge in [-0.15, -0.1) is 0 Å². The molecule has 1 atom stereocenters. The highest BCUT2D eigenvalue weighted by Gasteiger charge is 2.23. The Morgan fingerprint density at radius 2 is 2.00 bits per heavy atom. The highest BCUT2D eigenvalue weighted by molar-refractivity contribution is 5.96. The molecule has 0 aromatic heterocycles. The summed E-state index contributed by atoms with van der Waals surface area (Å²) in [6, 6.07) is -1.53. The molecule has 0 aliphatic heterocycles. The van der Waals surface area contributed by atoms with Crippen LogP contribution in [-0.4, -0.2) is 49.0 Å². The molecule has 1 unspecified atom stereocenters. The highest BCUT2D eigenvalue weighted by atomic mass is 16.5. The number of nitrogens with zero attached hydrogens (tertiary/aromatic N) is 1. The third-order valence-electron chi connectivity index (χ3n) is 2.24. The largest absolute Gasteiger partial charge is 0.468 e. The van der Waals surface area contributed by atoms with Crippen LogP contribution in [0.1, 0.15) is 20.3 Å². The predicted molar refractivity (Wildman–Crippen MR) is 61.1 cm³/mol. The van der Waals surface area contributed by atoms with E-state index >= 15 is 0 Å². The Bertz CT molecular complexity index is 293. The number of nitrogens with two attached hydrogens (primary N) is 1. The summed E-state index contributed by atoms with van der Waals surface area (Å²) in [5, 5.41) is 1.98. The molecule has 17 heavy (non-hydrogen) atoms. The zero-order valence-corrected chi connectivity index (χ0v) is 10.4. The Kier molecular flexibility index (Phi) is 6.88. The van der Waals surface area contributed by atoms with E-state index in [0.717, 1.165) is 6.42 Å². The van der Waals surface area contributed by atoms with Gasteiger partial charge in [0, 0.05) is 0 Å². The fourth-order valence-electron chi connectivity index (χ4n) is 1.32. The SMILES string of the molecule is CCCN(CC(=O)OC)C(C)C(=O)NC(N)=O. The lowest BCUT2D eigenvalue weighted by molar-refractivity contribution is -0.143. The number of ether oxygens (including phenoxy) is 1. The quantitative estimate of drug-likeness (QED) is 0.612. The number of carbonyl (C=O) groups excluding carboxylic acids is 3. The summed E-state index contributed by atoms with van der Waals surface area (Å²) in [6.45, 7) is 4.06. The van der Waals surface area contributed by atoms with Crippen molar-refractivity contribution in [2.45, 2.75) is 26.3 Å². The highest BCUT2D eigenvalue weighted by Crippen LogP contribution is 2.01. The molecule has 3 amide bonds. The van der Waals surface area contributed by atoms with Crippen molar-refractivity contribution in [2.75, 3.05) is 20.2 Å². The number of hydrogen-bond acceptors (Lipinski definition) is 5. The van der Waals surface area contributed by atoms with Gasteiger partial charge >= 0.3 is 12.0 Å². The van der Waals surface area contributed by atoms with E-state index in [1.54, 1.807) is 11.8 Å². The molecular formula is C10H19N3O4. The second-order valence-electron chi connectivity index (χ2n) is 3.58. The average molecular weight is 245 g/mol. The van der Waals surface area contributed by atoms with Crippen LogP contribution >= 0.6 is 0 Å². The van der Waals surface area contributed by atoms with E-state index in [-0.39, 0.29) is 6.54 Å². The van der Waals surface area contributed by atoms with Crippen LogP contribution in [0, 0.1) is 0 Å². The van der Waals surface area contributed by atoms with Gasteiger partial charge < -0.3 is 10.5 Å². The summed E-state index contributed by atoms with van der Waals surface area (Å²) < 4.78 is 4.53. The summed E-state index contributed by atoms with van der Waals surface area (Å²) in [4.78, 5) is 34.9. The molecule has 0 aliphatic rings. The zero-order chi connectivity index (χ0) is 13.4. The first-order valence-electron chi connectivity index (χ1n) is 5.33. The Balaban J connectivity index is 4.51. The molecule has 3 N–H and O–H groups in total. The van der Waals surface area contributed by atoms with Crippen LogP contribution in [0.3, 0.4) is 0 Å². The molecule has 0 heterocycles. The van der Waals surface area contributed by atoms with Gasteiger partial charge in [0.2, 0.25) is 5.91 Å². The number of methoxy groups -OCH3 is 1. The van der Waals surface area contributed by atoms with Crippen molar-refractivity contribution in [1.82, 2.24) is 10.2 Å². The van der Waals surface area contributed by atoms with Crippen molar-refractivity contribution in [3.8, 4) is 0 Å². The molecule has 0 saturated heterocycles. The topological polar surface area (TPSA) is 102 Å². The van der Waals surface area contributed by atoms with E-state index < -0.39 is 23.9 Å². The Morgan fingerprint density at radius 3 is 2.41 bits per heavy atom. The van der Waals surface area contributed by atoms with E-state index in [0.29, 0.717) is 6.54 Å². The monoisotopic (exact) mass is 245 g/mol. The predicted octanol–water partition coefficient (Wildman–Crippen LogP) is -0.545. The molecule has 7 nitrogen and oxygen atoms in total. The Hall–Kier alpha value is -1.63. The van der Waals surface area contributed by atoms with Gasteiger partial charge in [-0.1, -0.05) is 6.92 Å². The number of urea groups is 1. The van der Waals surface area contributed by atoms with Gasteiger partial charge in [0.05, 0.1) is 19.7 Å². The molecule has 0 aromatic rings. The maximum absolute atomic E-state index is 11.5. The van der Waals surface area contributed by atoms with Crippen LogP contribution < -0.4 is 11.1 Å². The Labute approximate surface area is 100 Å². The molecule has 7 heteroatoms. The van der Waals surface area contributed by atoms with E-state index in [1.807, 2.05) is 12.2 Å². The summed E-state index contributed by atoms with van der Waals surface area (Å²) in [5.41, 5.74) is 4.85. The van der Waals surface area contributed by atoms with Crippen LogP contribution in [0.15, 0.2) is 0 Å². The number of nitrogens with one attached hydrogen (secondary N) is 1. The van der Waals surface area contributed by atoms with Gasteiger partial charge in [-0.05, 0) is 19.9 Å². The number of esters is 1. The number of amides is 3. The molecule has 98 valence electrons. The van der Waals surface area contributed by atoms with Crippen molar-refractivity contribution in [2.24, 2.45) is 5.73 Å². The van der Waals surface area contributed by atoms with E-state index in [2.05, 4.69) is 4.74 Å². The third kappa shape index (κ3) is 5.86. The standard InChI is InChI=1S/C10H19N3O4/c1-4-5-13(6-8(14)17-3)7(2)9(15)12-10(11)16/h7H,4-6H2,1-3H3,(H3,11,12,15,16). The van der Waals surface area contributed by atoms with E-state index in [4.69, 9.17) is 5.73 Å². The van der Waals surface area contributed by atoms with Crippen LogP contribution in [0.2, 0.25) is 0 Å². The zero-order valence-electron chi connectivity index (χ0n) is 10.4. The first-order chi connectivity index (χ1) is 7.92. The lowest BCUT2D eigenvalue weighted by atomic mass is 10.2. The second-order valence-corrected chi connectivity index (χ2v) is 3.58. The lowest BCUT2D eigenvalue weighted by Gasteiger charge is -2.26. The summed E-state index contributed by atoms with van der Waals surface area (Å²) in [7, 11) is 1.28.